The molecule has 0 aliphatic carbocycles. The number of hydrogen-bond donors (Lipinski definition) is 1. The van der Waals surface area contributed by atoms with Gasteiger partial charge in [0.05, 0.1) is 22.8 Å². The number of nitrogens with one attached hydrogen (secondary N) is 1. The summed E-state index contributed by atoms with van der Waals surface area (Å²) in [6, 6.07) is 3.43. The molecule has 0 saturated carbocycles. The van der Waals surface area contributed by atoms with Gasteiger partial charge in [-0.05, 0) is 31.5 Å². The van der Waals surface area contributed by atoms with E-state index in [1.807, 2.05) is 6.07 Å². The zero-order valence-electron chi connectivity index (χ0n) is 15.2. The lowest BCUT2D eigenvalue weighted by Crippen LogP contribution is -2.70. The minimum Gasteiger partial charge on any atom is -0.341 e. The molecular weight excluding hydrogens is 469 g/mol. The largest absolute Gasteiger partial charge is 0.341 e. The highest BCUT2D eigenvalue weighted by molar-refractivity contribution is 7.19. The number of benzene rings is 1. The molecule has 2 aromatic rings. The molecule has 1 aromatic heterocycles. The van der Waals surface area contributed by atoms with Crippen molar-refractivity contribution in [3.63, 3.8) is 0 Å². The lowest BCUT2D eigenvalue weighted by molar-refractivity contribution is -0.125. The molecule has 0 radical (unpaired) electrons. The number of anilines is 2. The van der Waals surface area contributed by atoms with E-state index in [2.05, 4.69) is 15.2 Å². The number of amides is 2. The molecule has 1 aromatic carbocycles. The number of fused-ring (bicyclic) bond motifs is 3. The molecule has 2 spiro atoms. The molecule has 152 valence electrons. The molecular formula is C19H12Cl3N5O2S. The molecule has 5 aliphatic heterocycles. The second-order valence-electron chi connectivity index (χ2n) is 8.18. The predicted octanol–water partition coefficient (Wildman–Crippen LogP) is 3.54. The first kappa shape index (κ1) is 17.9. The van der Waals surface area contributed by atoms with Gasteiger partial charge < -0.3 is 5.32 Å². The third kappa shape index (κ3) is 1.64. The Bertz CT molecular complexity index is 1250. The molecule has 4 atom stereocenters. The summed E-state index contributed by atoms with van der Waals surface area (Å²) in [5.41, 5.74) is -0.571. The van der Waals surface area contributed by atoms with Crippen molar-refractivity contribution in [2.24, 2.45) is 10.9 Å². The Kier molecular flexibility index (Phi) is 3.20. The summed E-state index contributed by atoms with van der Waals surface area (Å²) in [5.74, 6) is -0.530. The fourth-order valence-electron chi connectivity index (χ4n) is 6.28. The number of halogens is 3. The average Bonchev–Trinajstić information content (AvgIpc) is 3.42. The van der Waals surface area contributed by atoms with Crippen LogP contribution in [0.5, 0.6) is 0 Å². The van der Waals surface area contributed by atoms with E-state index in [1.54, 1.807) is 6.07 Å². The summed E-state index contributed by atoms with van der Waals surface area (Å²) in [4.78, 5) is 40.0. The molecule has 7 rings (SSSR count). The van der Waals surface area contributed by atoms with Crippen molar-refractivity contribution in [3.8, 4) is 0 Å². The summed E-state index contributed by atoms with van der Waals surface area (Å²) in [5, 5.41) is 4.55. The molecule has 2 amide bonds. The minimum absolute atomic E-state index is 0.0892. The molecule has 4 unspecified atom stereocenters. The first-order valence-corrected chi connectivity index (χ1v) is 11.5. The van der Waals surface area contributed by atoms with Gasteiger partial charge >= 0.3 is 0 Å². The van der Waals surface area contributed by atoms with E-state index in [9.17, 15) is 9.59 Å². The zero-order valence-corrected chi connectivity index (χ0v) is 18.2. The summed E-state index contributed by atoms with van der Waals surface area (Å²) in [6.07, 6.45) is 3.22. The number of rotatable bonds is 1. The van der Waals surface area contributed by atoms with Crippen molar-refractivity contribution >= 4 is 74.6 Å². The van der Waals surface area contributed by atoms with Crippen molar-refractivity contribution in [1.82, 2.24) is 9.88 Å². The average molecular weight is 481 g/mol. The van der Waals surface area contributed by atoms with Crippen LogP contribution in [0.4, 0.5) is 10.8 Å². The van der Waals surface area contributed by atoms with Crippen molar-refractivity contribution in [2.45, 2.75) is 30.0 Å². The molecule has 5 aliphatic rings. The van der Waals surface area contributed by atoms with E-state index in [1.165, 1.54) is 11.1 Å². The standard InChI is InChI=1S/C19H12Cl3N5O2S/c20-7-4-8-13(9(21)5-7)24-15-19(8)18(25-15)12(10-2-1-3-26(10)19)14(28)27(16(18)29)17-23-6-11(22)30-17/h4-6,10,12H,1-3H2,(H,24,25). The quantitative estimate of drug-likeness (QED) is 0.632. The Labute approximate surface area is 189 Å². The van der Waals surface area contributed by atoms with Gasteiger partial charge in [-0.15, -0.1) is 0 Å². The Morgan fingerprint density at radius 1 is 1.23 bits per heavy atom. The maximum Gasteiger partial charge on any atom is 0.267 e. The van der Waals surface area contributed by atoms with Gasteiger partial charge in [-0.1, -0.05) is 46.1 Å². The highest BCUT2D eigenvalue weighted by atomic mass is 35.5. The summed E-state index contributed by atoms with van der Waals surface area (Å²) < 4.78 is 0.418. The Morgan fingerprint density at radius 3 is 2.83 bits per heavy atom. The Hall–Kier alpha value is -1.71. The highest BCUT2D eigenvalue weighted by Gasteiger charge is 2.87. The first-order chi connectivity index (χ1) is 14.4. The van der Waals surface area contributed by atoms with E-state index < -0.39 is 17.0 Å². The van der Waals surface area contributed by atoms with Crippen molar-refractivity contribution < 1.29 is 9.59 Å². The third-order valence-electron chi connectivity index (χ3n) is 7.11. The van der Waals surface area contributed by atoms with E-state index in [-0.39, 0.29) is 23.0 Å². The number of aliphatic imine (C=N–C) groups is 1. The van der Waals surface area contributed by atoms with Gasteiger partial charge in [-0.3, -0.25) is 14.5 Å². The van der Waals surface area contributed by atoms with E-state index in [0.717, 1.165) is 36.3 Å². The van der Waals surface area contributed by atoms with Gasteiger partial charge in [0.1, 0.15) is 15.7 Å². The number of aromatic nitrogens is 1. The number of amidine groups is 1. The van der Waals surface area contributed by atoms with Crippen LogP contribution in [-0.2, 0) is 15.1 Å². The minimum atomic E-state index is -1.24. The maximum atomic E-state index is 13.9. The van der Waals surface area contributed by atoms with Crippen LogP contribution >= 0.6 is 46.1 Å². The zero-order chi connectivity index (χ0) is 20.6. The second-order valence-corrected chi connectivity index (χ2v) is 10.7. The lowest BCUT2D eigenvalue weighted by atomic mass is 9.64. The van der Waals surface area contributed by atoms with E-state index in [0.29, 0.717) is 25.9 Å². The molecule has 6 heterocycles. The number of thiazole rings is 1. The smallest absolute Gasteiger partial charge is 0.267 e. The number of carbonyl (C=O) groups is 2. The van der Waals surface area contributed by atoms with Gasteiger partial charge in [0.25, 0.3) is 5.91 Å². The van der Waals surface area contributed by atoms with Crippen LogP contribution < -0.4 is 10.2 Å². The van der Waals surface area contributed by atoms with Gasteiger partial charge in [0.15, 0.2) is 5.54 Å². The monoisotopic (exact) mass is 479 g/mol. The van der Waals surface area contributed by atoms with Crippen molar-refractivity contribution in [3.05, 3.63) is 38.3 Å². The Morgan fingerprint density at radius 2 is 2.07 bits per heavy atom. The highest BCUT2D eigenvalue weighted by Crippen LogP contribution is 2.69. The Balaban J connectivity index is 1.51. The molecule has 7 nitrogen and oxygen atoms in total. The lowest BCUT2D eigenvalue weighted by Gasteiger charge is -2.49. The van der Waals surface area contributed by atoms with Crippen molar-refractivity contribution in [2.75, 3.05) is 16.8 Å². The second kappa shape index (κ2) is 5.37. The van der Waals surface area contributed by atoms with Crippen LogP contribution in [0.3, 0.4) is 0 Å². The molecule has 11 heteroatoms. The SMILES string of the molecule is O=C1C2C3CCCN3C34C(=NC23C(=O)N1c1ncc(Cl)s1)Nc1c(Cl)cc(Cl)cc14. The van der Waals surface area contributed by atoms with Gasteiger partial charge in [-0.2, -0.15) is 0 Å². The molecule has 3 saturated heterocycles. The van der Waals surface area contributed by atoms with Crippen LogP contribution in [0.1, 0.15) is 18.4 Å². The van der Waals surface area contributed by atoms with Crippen LogP contribution in [0, 0.1) is 5.92 Å². The fourth-order valence-corrected chi connectivity index (χ4v) is 7.72. The summed E-state index contributed by atoms with van der Waals surface area (Å²) in [7, 11) is 0. The number of hydrogen-bond acceptors (Lipinski definition) is 7. The number of imide groups is 1. The topological polar surface area (TPSA) is 77.9 Å². The predicted molar refractivity (Wildman–Crippen MR) is 115 cm³/mol. The fraction of sp³-hybridized carbons (Fsp3) is 0.368. The van der Waals surface area contributed by atoms with Gasteiger partial charge in [0.2, 0.25) is 11.0 Å². The van der Waals surface area contributed by atoms with Gasteiger partial charge in [0, 0.05) is 16.6 Å². The summed E-state index contributed by atoms with van der Waals surface area (Å²) in [6.45, 7) is 0.775. The molecule has 1 N–H and O–H groups in total. The normalized spacial score (nSPS) is 35.4. The van der Waals surface area contributed by atoms with Crippen molar-refractivity contribution in [1.29, 1.82) is 0 Å². The molecule has 3 fully saturated rings. The van der Waals surface area contributed by atoms with E-state index >= 15 is 0 Å². The van der Waals surface area contributed by atoms with Crippen LogP contribution in [0.2, 0.25) is 14.4 Å². The van der Waals surface area contributed by atoms with E-state index in [4.69, 9.17) is 39.8 Å². The summed E-state index contributed by atoms with van der Waals surface area (Å²) >= 11 is 20.0. The molecule has 30 heavy (non-hydrogen) atoms. The molecule has 0 bridgehead atoms. The van der Waals surface area contributed by atoms with Crippen LogP contribution in [0.15, 0.2) is 23.3 Å². The third-order valence-corrected chi connectivity index (χ3v) is 8.72. The van der Waals surface area contributed by atoms with Gasteiger partial charge in [-0.25, -0.2) is 14.9 Å². The van der Waals surface area contributed by atoms with Crippen LogP contribution in [0.25, 0.3) is 0 Å². The van der Waals surface area contributed by atoms with Crippen LogP contribution in [-0.4, -0.2) is 45.7 Å². The first-order valence-electron chi connectivity index (χ1n) is 9.54. The number of nitrogens with zero attached hydrogens (tertiary/aromatic N) is 4. The number of carbonyl (C=O) groups excluding carboxylic acids is 2. The maximum absolute atomic E-state index is 13.9.